The van der Waals surface area contributed by atoms with Crippen LogP contribution in [-0.4, -0.2) is 15.3 Å². The highest BCUT2D eigenvalue weighted by Gasteiger charge is 2.25. The Morgan fingerprint density at radius 1 is 0.966 bits per heavy atom. The lowest BCUT2D eigenvalue weighted by atomic mass is 10.1. The summed E-state index contributed by atoms with van der Waals surface area (Å²) in [5.41, 5.74) is 5.40. The van der Waals surface area contributed by atoms with Gasteiger partial charge in [0.05, 0.1) is 12.2 Å². The molecule has 0 aliphatic carbocycles. The summed E-state index contributed by atoms with van der Waals surface area (Å²) < 4.78 is 1.95. The third kappa shape index (κ3) is 3.92. The number of hydrogen-bond acceptors (Lipinski definition) is 2. The topological polar surface area (TPSA) is 37.6 Å². The van der Waals surface area contributed by atoms with Crippen molar-refractivity contribution in [2.45, 2.75) is 33.2 Å². The largest absolute Gasteiger partial charge is 0.303 e. The second-order valence-corrected chi connectivity index (χ2v) is 7.30. The Morgan fingerprint density at radius 2 is 1.66 bits per heavy atom. The van der Waals surface area contributed by atoms with Gasteiger partial charge in [-0.15, -0.1) is 0 Å². The maximum atomic E-state index is 13.9. The van der Waals surface area contributed by atoms with E-state index in [4.69, 9.17) is 4.98 Å². The molecular weight excluding hydrogens is 358 g/mol. The fourth-order valence-electron chi connectivity index (χ4n) is 3.62. The normalized spacial score (nSPS) is 11.0. The number of para-hydroxylation sites is 1. The van der Waals surface area contributed by atoms with E-state index in [0.717, 1.165) is 41.0 Å². The number of imidazole rings is 1. The van der Waals surface area contributed by atoms with Crippen LogP contribution in [0, 0.1) is 6.92 Å². The summed E-state index contributed by atoms with van der Waals surface area (Å²) in [5, 5.41) is 0. The predicted molar refractivity (Wildman–Crippen MR) is 117 cm³/mol. The molecule has 0 saturated heterocycles. The number of pyridine rings is 1. The van der Waals surface area contributed by atoms with Crippen LogP contribution < -0.4 is 4.90 Å². The molecule has 0 bridgehead atoms. The van der Waals surface area contributed by atoms with Crippen LogP contribution in [0.4, 0.5) is 5.69 Å². The average Bonchev–Trinajstić information content (AvgIpc) is 3.10. The number of aryl methyl sites for hydroxylation is 2. The van der Waals surface area contributed by atoms with Crippen LogP contribution in [0.1, 0.15) is 40.7 Å². The third-order valence-corrected chi connectivity index (χ3v) is 5.02. The van der Waals surface area contributed by atoms with Crippen molar-refractivity contribution in [2.75, 3.05) is 4.90 Å². The first-order chi connectivity index (χ1) is 14.2. The first kappa shape index (κ1) is 18.9. The molecule has 2 aromatic heterocycles. The van der Waals surface area contributed by atoms with Gasteiger partial charge in [0.2, 0.25) is 0 Å². The van der Waals surface area contributed by atoms with Crippen LogP contribution in [0.15, 0.2) is 79.0 Å². The smallest absolute Gasteiger partial charge is 0.277 e. The van der Waals surface area contributed by atoms with Crippen LogP contribution in [0.25, 0.3) is 5.65 Å². The molecule has 29 heavy (non-hydrogen) atoms. The molecule has 0 aliphatic rings. The molecular formula is C25H25N3O. The van der Waals surface area contributed by atoms with E-state index in [1.165, 1.54) is 0 Å². The first-order valence-corrected chi connectivity index (χ1v) is 10.1. The van der Waals surface area contributed by atoms with Crippen molar-refractivity contribution in [2.24, 2.45) is 0 Å². The van der Waals surface area contributed by atoms with Gasteiger partial charge in [-0.25, -0.2) is 4.98 Å². The number of rotatable bonds is 6. The first-order valence-electron chi connectivity index (χ1n) is 10.1. The van der Waals surface area contributed by atoms with E-state index in [2.05, 4.69) is 19.1 Å². The second-order valence-electron chi connectivity index (χ2n) is 7.30. The van der Waals surface area contributed by atoms with Crippen molar-refractivity contribution in [1.29, 1.82) is 0 Å². The van der Waals surface area contributed by atoms with E-state index in [1.54, 1.807) is 0 Å². The fraction of sp³-hybridized carbons (Fsp3) is 0.200. The number of carbonyl (C=O) groups excluding carboxylic acids is 1. The van der Waals surface area contributed by atoms with Gasteiger partial charge in [-0.05, 0) is 42.7 Å². The van der Waals surface area contributed by atoms with Gasteiger partial charge in [0.1, 0.15) is 11.3 Å². The Morgan fingerprint density at radius 3 is 2.34 bits per heavy atom. The summed E-state index contributed by atoms with van der Waals surface area (Å²) in [6, 6.07) is 24.0. The third-order valence-electron chi connectivity index (χ3n) is 5.02. The van der Waals surface area contributed by atoms with E-state index >= 15 is 0 Å². The summed E-state index contributed by atoms with van der Waals surface area (Å²) in [6.07, 6.45) is 3.71. The number of fused-ring (bicyclic) bond motifs is 1. The van der Waals surface area contributed by atoms with Crippen molar-refractivity contribution in [1.82, 2.24) is 9.38 Å². The predicted octanol–water partition coefficient (Wildman–Crippen LogP) is 5.44. The number of amides is 1. The van der Waals surface area contributed by atoms with Crippen molar-refractivity contribution in [3.63, 3.8) is 0 Å². The minimum atomic E-state index is -0.0263. The second kappa shape index (κ2) is 8.31. The summed E-state index contributed by atoms with van der Waals surface area (Å²) in [4.78, 5) is 20.5. The Hall–Kier alpha value is -3.40. The molecule has 0 spiro atoms. The fourth-order valence-corrected chi connectivity index (χ4v) is 3.62. The zero-order chi connectivity index (χ0) is 20.2. The average molecular weight is 383 g/mol. The highest BCUT2D eigenvalue weighted by atomic mass is 16.2. The minimum absolute atomic E-state index is 0.0263. The van der Waals surface area contributed by atoms with Crippen molar-refractivity contribution >= 4 is 17.2 Å². The summed E-state index contributed by atoms with van der Waals surface area (Å²) in [5.74, 6) is -0.0263. The maximum Gasteiger partial charge on any atom is 0.277 e. The molecule has 2 heterocycles. The van der Waals surface area contributed by atoms with Gasteiger partial charge in [-0.3, -0.25) is 9.20 Å². The summed E-state index contributed by atoms with van der Waals surface area (Å²) in [7, 11) is 0. The van der Waals surface area contributed by atoms with Crippen molar-refractivity contribution in [3.8, 4) is 0 Å². The zero-order valence-corrected chi connectivity index (χ0v) is 16.9. The van der Waals surface area contributed by atoms with E-state index in [-0.39, 0.29) is 5.91 Å². The number of aromatic nitrogens is 2. The standard InChI is InChI=1S/C25H25N3O/c1-3-10-22-24(28-17-19(2)15-16-23(28)26-22)25(29)27(21-13-8-5-9-14-21)18-20-11-6-4-7-12-20/h4-9,11-17H,3,10,18H2,1-2H3. The number of hydrogen-bond donors (Lipinski definition) is 0. The van der Waals surface area contributed by atoms with Crippen LogP contribution in [0.2, 0.25) is 0 Å². The molecule has 4 nitrogen and oxygen atoms in total. The Kier molecular flexibility index (Phi) is 5.43. The van der Waals surface area contributed by atoms with E-state index in [0.29, 0.717) is 12.2 Å². The monoisotopic (exact) mass is 383 g/mol. The number of carbonyl (C=O) groups is 1. The lowest BCUT2D eigenvalue weighted by Crippen LogP contribution is -2.32. The van der Waals surface area contributed by atoms with E-state index in [9.17, 15) is 4.79 Å². The SMILES string of the molecule is CCCc1nc2ccc(C)cn2c1C(=O)N(Cc1ccccc1)c1ccccc1. The van der Waals surface area contributed by atoms with Gasteiger partial charge < -0.3 is 4.90 Å². The Labute approximate surface area is 171 Å². The zero-order valence-electron chi connectivity index (χ0n) is 16.9. The molecule has 4 heteroatoms. The molecule has 1 amide bonds. The van der Waals surface area contributed by atoms with E-state index < -0.39 is 0 Å². The molecule has 4 rings (SSSR count). The highest BCUT2D eigenvalue weighted by molar-refractivity contribution is 6.06. The molecule has 0 saturated carbocycles. The van der Waals surface area contributed by atoms with Gasteiger partial charge in [0, 0.05) is 11.9 Å². The Balaban J connectivity index is 1.84. The van der Waals surface area contributed by atoms with Gasteiger partial charge in [-0.1, -0.05) is 67.9 Å². The van der Waals surface area contributed by atoms with Gasteiger partial charge >= 0.3 is 0 Å². The van der Waals surface area contributed by atoms with Crippen molar-refractivity contribution in [3.05, 3.63) is 102 Å². The van der Waals surface area contributed by atoms with Crippen LogP contribution in [-0.2, 0) is 13.0 Å². The number of benzene rings is 2. The van der Waals surface area contributed by atoms with Gasteiger partial charge in [0.25, 0.3) is 5.91 Å². The lowest BCUT2D eigenvalue weighted by molar-refractivity contribution is 0.0978. The molecule has 0 radical (unpaired) electrons. The molecule has 0 fully saturated rings. The Bertz CT molecular complexity index is 1120. The minimum Gasteiger partial charge on any atom is -0.303 e. The molecule has 0 N–H and O–H groups in total. The lowest BCUT2D eigenvalue weighted by Gasteiger charge is -2.23. The quantitative estimate of drug-likeness (QED) is 0.444. The molecule has 0 atom stereocenters. The molecule has 4 aromatic rings. The summed E-state index contributed by atoms with van der Waals surface area (Å²) >= 11 is 0. The molecule has 146 valence electrons. The van der Waals surface area contributed by atoms with Crippen LogP contribution in [0.5, 0.6) is 0 Å². The molecule has 2 aromatic carbocycles. The number of anilines is 1. The van der Waals surface area contributed by atoms with Crippen LogP contribution >= 0.6 is 0 Å². The van der Waals surface area contributed by atoms with Crippen molar-refractivity contribution < 1.29 is 4.79 Å². The number of nitrogens with zero attached hydrogens (tertiary/aromatic N) is 3. The van der Waals surface area contributed by atoms with Gasteiger partial charge in [0.15, 0.2) is 0 Å². The molecule has 0 aliphatic heterocycles. The van der Waals surface area contributed by atoms with Gasteiger partial charge in [-0.2, -0.15) is 0 Å². The maximum absolute atomic E-state index is 13.9. The summed E-state index contributed by atoms with van der Waals surface area (Å²) in [6.45, 7) is 4.66. The highest BCUT2D eigenvalue weighted by Crippen LogP contribution is 2.23. The van der Waals surface area contributed by atoms with Crippen LogP contribution in [0.3, 0.4) is 0 Å². The molecule has 0 unspecified atom stereocenters. The van der Waals surface area contributed by atoms with E-state index in [1.807, 2.05) is 83.1 Å².